The second-order valence-electron chi connectivity index (χ2n) is 3.64. The molecule has 0 radical (unpaired) electrons. The van der Waals surface area contributed by atoms with Crippen LogP contribution in [-0.2, 0) is 22.1 Å². The molecule has 1 rings (SSSR count). The first-order valence-corrected chi connectivity index (χ1v) is 4.94. The van der Waals surface area contributed by atoms with E-state index in [1.807, 2.05) is 0 Å². The Hall–Kier alpha value is -1.63. The van der Waals surface area contributed by atoms with Crippen LogP contribution < -0.4 is 5.73 Å². The smallest absolute Gasteiger partial charge is 0.416 e. The molecule has 0 saturated heterocycles. The van der Waals surface area contributed by atoms with Crippen LogP contribution in [-0.4, -0.2) is 19.1 Å². The Morgan fingerprint density at radius 3 is 2.50 bits per heavy atom. The topological polar surface area (TPSA) is 52.3 Å². The number of rotatable bonds is 3. The highest BCUT2D eigenvalue weighted by molar-refractivity contribution is 5.75. The van der Waals surface area contributed by atoms with E-state index in [9.17, 15) is 22.4 Å². The highest BCUT2D eigenvalue weighted by atomic mass is 19.4. The molecule has 0 bridgehead atoms. The predicted octanol–water partition coefficient (Wildman–Crippen LogP) is 1.89. The Labute approximate surface area is 101 Å². The van der Waals surface area contributed by atoms with Crippen LogP contribution in [0.3, 0.4) is 0 Å². The van der Waals surface area contributed by atoms with Gasteiger partial charge in [0.25, 0.3) is 0 Å². The predicted molar refractivity (Wildman–Crippen MR) is 55.1 cm³/mol. The molecule has 0 saturated carbocycles. The first kappa shape index (κ1) is 14.4. The van der Waals surface area contributed by atoms with E-state index in [-0.39, 0.29) is 12.0 Å². The van der Waals surface area contributed by atoms with Gasteiger partial charge in [0.15, 0.2) is 0 Å². The van der Waals surface area contributed by atoms with Crippen LogP contribution >= 0.6 is 0 Å². The molecular formula is C11H11F4NO2. The van der Waals surface area contributed by atoms with Gasteiger partial charge in [-0.05, 0) is 17.7 Å². The number of hydrogen-bond acceptors (Lipinski definition) is 3. The fraction of sp³-hybridized carbons (Fsp3) is 0.364. The molecule has 1 unspecified atom stereocenters. The van der Waals surface area contributed by atoms with Gasteiger partial charge < -0.3 is 10.5 Å². The van der Waals surface area contributed by atoms with Crippen LogP contribution in [0.25, 0.3) is 0 Å². The summed E-state index contributed by atoms with van der Waals surface area (Å²) in [6, 6.07) is 0.962. The lowest BCUT2D eigenvalue weighted by atomic mass is 10.0. The summed E-state index contributed by atoms with van der Waals surface area (Å²) in [5, 5.41) is 0. The van der Waals surface area contributed by atoms with Crippen molar-refractivity contribution in [2.24, 2.45) is 5.73 Å². The van der Waals surface area contributed by atoms with E-state index in [1.165, 1.54) is 0 Å². The third kappa shape index (κ3) is 3.43. The van der Waals surface area contributed by atoms with Crippen molar-refractivity contribution in [2.75, 3.05) is 7.11 Å². The van der Waals surface area contributed by atoms with Crippen LogP contribution in [0, 0.1) is 5.82 Å². The SMILES string of the molecule is COC(=O)C(N)Cc1ccc(C(F)(F)F)cc1F. The third-order valence-corrected chi connectivity index (χ3v) is 2.32. The van der Waals surface area contributed by atoms with Gasteiger partial charge in [0, 0.05) is 6.42 Å². The van der Waals surface area contributed by atoms with Gasteiger partial charge in [-0.25, -0.2) is 4.39 Å². The summed E-state index contributed by atoms with van der Waals surface area (Å²) in [6.45, 7) is 0. The highest BCUT2D eigenvalue weighted by Crippen LogP contribution is 2.30. The molecule has 1 aromatic carbocycles. The minimum atomic E-state index is -4.61. The number of esters is 1. The fourth-order valence-electron chi connectivity index (χ4n) is 1.36. The summed E-state index contributed by atoms with van der Waals surface area (Å²) in [7, 11) is 1.12. The maximum absolute atomic E-state index is 13.4. The zero-order chi connectivity index (χ0) is 13.9. The number of carbonyl (C=O) groups excluding carboxylic acids is 1. The van der Waals surface area contributed by atoms with E-state index in [0.717, 1.165) is 19.2 Å². The van der Waals surface area contributed by atoms with Gasteiger partial charge in [0.2, 0.25) is 0 Å². The summed E-state index contributed by atoms with van der Waals surface area (Å²) in [6.07, 6.45) is -4.83. The lowest BCUT2D eigenvalue weighted by Gasteiger charge is -2.12. The summed E-state index contributed by atoms with van der Waals surface area (Å²) < 4.78 is 54.6. The molecule has 3 nitrogen and oxygen atoms in total. The lowest BCUT2D eigenvalue weighted by Crippen LogP contribution is -2.33. The standard InChI is InChI=1S/C11H11F4NO2/c1-18-10(17)9(16)4-6-2-3-7(5-8(6)12)11(13,14)15/h2-3,5,9H,4,16H2,1H3. The molecule has 0 heterocycles. The number of methoxy groups -OCH3 is 1. The van der Waals surface area contributed by atoms with E-state index >= 15 is 0 Å². The monoisotopic (exact) mass is 265 g/mol. The minimum absolute atomic E-state index is 0.0686. The molecule has 0 fully saturated rings. The molecule has 0 aliphatic heterocycles. The molecule has 0 amide bonds. The van der Waals surface area contributed by atoms with Crippen LogP contribution in [0.5, 0.6) is 0 Å². The van der Waals surface area contributed by atoms with Gasteiger partial charge >= 0.3 is 12.1 Å². The third-order valence-electron chi connectivity index (χ3n) is 2.32. The highest BCUT2D eigenvalue weighted by Gasteiger charge is 2.31. The minimum Gasteiger partial charge on any atom is -0.468 e. The van der Waals surface area contributed by atoms with Crippen molar-refractivity contribution in [3.05, 3.63) is 35.1 Å². The summed E-state index contributed by atoms with van der Waals surface area (Å²) in [5.74, 6) is -1.81. The van der Waals surface area contributed by atoms with Crippen molar-refractivity contribution >= 4 is 5.97 Å². The Morgan fingerprint density at radius 2 is 2.06 bits per heavy atom. The maximum atomic E-state index is 13.4. The normalized spacial score (nSPS) is 13.2. The van der Waals surface area contributed by atoms with Crippen molar-refractivity contribution in [3.63, 3.8) is 0 Å². The average molecular weight is 265 g/mol. The van der Waals surface area contributed by atoms with Crippen LogP contribution in [0.15, 0.2) is 18.2 Å². The first-order valence-electron chi connectivity index (χ1n) is 4.94. The van der Waals surface area contributed by atoms with Crippen LogP contribution in [0.2, 0.25) is 0 Å². The lowest BCUT2D eigenvalue weighted by molar-refractivity contribution is -0.142. The molecule has 0 spiro atoms. The van der Waals surface area contributed by atoms with Gasteiger partial charge in [-0.3, -0.25) is 4.79 Å². The molecule has 0 aliphatic rings. The van der Waals surface area contributed by atoms with Gasteiger partial charge in [0.05, 0.1) is 12.7 Å². The number of benzene rings is 1. The number of alkyl halides is 3. The van der Waals surface area contributed by atoms with Crippen molar-refractivity contribution < 1.29 is 27.1 Å². The molecule has 7 heteroatoms. The molecular weight excluding hydrogens is 254 g/mol. The summed E-state index contributed by atoms with van der Waals surface area (Å²) >= 11 is 0. The van der Waals surface area contributed by atoms with E-state index < -0.39 is 29.6 Å². The van der Waals surface area contributed by atoms with Gasteiger partial charge in [-0.1, -0.05) is 6.07 Å². The number of carbonyl (C=O) groups is 1. The molecule has 100 valence electrons. The van der Waals surface area contributed by atoms with Crippen molar-refractivity contribution in [2.45, 2.75) is 18.6 Å². The second-order valence-corrected chi connectivity index (χ2v) is 3.64. The van der Waals surface area contributed by atoms with Crippen molar-refractivity contribution in [3.8, 4) is 0 Å². The quantitative estimate of drug-likeness (QED) is 0.670. The maximum Gasteiger partial charge on any atom is 0.416 e. The van der Waals surface area contributed by atoms with Gasteiger partial charge in [-0.2, -0.15) is 13.2 Å². The molecule has 1 aromatic rings. The van der Waals surface area contributed by atoms with Crippen LogP contribution in [0.4, 0.5) is 17.6 Å². The van der Waals surface area contributed by atoms with Gasteiger partial charge in [0.1, 0.15) is 11.9 Å². The fourth-order valence-corrected chi connectivity index (χ4v) is 1.36. The number of hydrogen-bond donors (Lipinski definition) is 1. The molecule has 1 atom stereocenters. The molecule has 0 aliphatic carbocycles. The molecule has 0 aromatic heterocycles. The average Bonchev–Trinajstić information content (AvgIpc) is 2.29. The van der Waals surface area contributed by atoms with E-state index in [2.05, 4.69) is 4.74 Å². The largest absolute Gasteiger partial charge is 0.468 e. The van der Waals surface area contributed by atoms with E-state index in [4.69, 9.17) is 5.73 Å². The zero-order valence-electron chi connectivity index (χ0n) is 9.42. The Bertz CT molecular complexity index is 445. The number of nitrogens with two attached hydrogens (primary N) is 1. The van der Waals surface area contributed by atoms with E-state index in [1.54, 1.807) is 0 Å². The Morgan fingerprint density at radius 1 is 1.44 bits per heavy atom. The summed E-state index contributed by atoms with van der Waals surface area (Å²) in [4.78, 5) is 11.0. The first-order chi connectivity index (χ1) is 8.25. The number of ether oxygens (including phenoxy) is 1. The van der Waals surface area contributed by atoms with Crippen LogP contribution in [0.1, 0.15) is 11.1 Å². The number of halogens is 4. The zero-order valence-corrected chi connectivity index (χ0v) is 9.42. The Kier molecular flexibility index (Phi) is 4.28. The molecule has 18 heavy (non-hydrogen) atoms. The van der Waals surface area contributed by atoms with Gasteiger partial charge in [-0.15, -0.1) is 0 Å². The van der Waals surface area contributed by atoms with Crippen molar-refractivity contribution in [1.29, 1.82) is 0 Å². The molecule has 2 N–H and O–H groups in total. The second kappa shape index (κ2) is 5.34. The van der Waals surface area contributed by atoms with E-state index in [0.29, 0.717) is 6.07 Å². The Balaban J connectivity index is 2.90. The van der Waals surface area contributed by atoms with Crippen molar-refractivity contribution in [1.82, 2.24) is 0 Å². The summed E-state index contributed by atoms with van der Waals surface area (Å²) in [5.41, 5.74) is 4.23.